The van der Waals surface area contributed by atoms with E-state index in [1.807, 2.05) is 0 Å². The Morgan fingerprint density at radius 2 is 1.92 bits per heavy atom. The number of ether oxygens (including phenoxy) is 1. The Labute approximate surface area is 220 Å². The van der Waals surface area contributed by atoms with Crippen molar-refractivity contribution in [2.45, 2.75) is 36.4 Å². The number of methoxy groups -OCH3 is 1. The monoisotopic (exact) mass is 549 g/mol. The lowest BCUT2D eigenvalue weighted by molar-refractivity contribution is -0.127. The van der Waals surface area contributed by atoms with Crippen LogP contribution < -0.4 is 15.4 Å². The van der Waals surface area contributed by atoms with Crippen LogP contribution in [-0.2, 0) is 16.3 Å². The van der Waals surface area contributed by atoms with E-state index in [0.717, 1.165) is 32.2 Å². The number of halogens is 3. The fourth-order valence-electron chi connectivity index (χ4n) is 4.36. The van der Waals surface area contributed by atoms with Crippen molar-refractivity contribution in [3.8, 4) is 17.6 Å². The third kappa shape index (κ3) is 6.90. The minimum Gasteiger partial charge on any atom is -0.495 e. The first kappa shape index (κ1) is 27.6. The van der Waals surface area contributed by atoms with Crippen LogP contribution in [0.4, 0.5) is 24.5 Å². The summed E-state index contributed by atoms with van der Waals surface area (Å²) in [6.07, 6.45) is 0.276. The molecule has 204 valence electrons. The van der Waals surface area contributed by atoms with Crippen molar-refractivity contribution < 1.29 is 26.3 Å². The van der Waals surface area contributed by atoms with Gasteiger partial charge in [0.1, 0.15) is 5.75 Å². The second kappa shape index (κ2) is 11.1. The molecule has 2 aromatic heterocycles. The SMILES string of the molecule is COc1ccc(S(C)(=O)=O)cc1NCC#Cc1cc(NC2CCN(C)CC2)c2ncc(CC(F)(F)F)n2c1. The van der Waals surface area contributed by atoms with Crippen molar-refractivity contribution in [1.29, 1.82) is 0 Å². The van der Waals surface area contributed by atoms with Gasteiger partial charge in [-0.15, -0.1) is 0 Å². The number of nitrogens with one attached hydrogen (secondary N) is 2. The van der Waals surface area contributed by atoms with E-state index in [1.54, 1.807) is 18.3 Å². The predicted octanol–water partition coefficient (Wildman–Crippen LogP) is 3.82. The van der Waals surface area contributed by atoms with E-state index in [4.69, 9.17) is 4.74 Å². The van der Waals surface area contributed by atoms with Crippen molar-refractivity contribution in [2.75, 3.05) is 50.7 Å². The lowest BCUT2D eigenvalue weighted by Crippen LogP contribution is -2.36. The Hall–Kier alpha value is -3.43. The van der Waals surface area contributed by atoms with Crippen LogP contribution in [0.25, 0.3) is 5.65 Å². The lowest BCUT2D eigenvalue weighted by atomic mass is 10.1. The van der Waals surface area contributed by atoms with Crippen LogP contribution >= 0.6 is 0 Å². The van der Waals surface area contributed by atoms with Gasteiger partial charge in [-0.05, 0) is 57.2 Å². The van der Waals surface area contributed by atoms with Gasteiger partial charge in [0.05, 0.1) is 42.0 Å². The zero-order valence-electron chi connectivity index (χ0n) is 21.4. The fraction of sp³-hybridized carbons (Fsp3) is 0.423. The maximum atomic E-state index is 13.2. The highest BCUT2D eigenvalue weighted by molar-refractivity contribution is 7.90. The summed E-state index contributed by atoms with van der Waals surface area (Å²) in [4.78, 5) is 6.65. The van der Waals surface area contributed by atoms with Crippen molar-refractivity contribution in [3.05, 3.63) is 47.9 Å². The van der Waals surface area contributed by atoms with Gasteiger partial charge < -0.3 is 24.7 Å². The zero-order valence-corrected chi connectivity index (χ0v) is 22.2. The maximum absolute atomic E-state index is 13.2. The second-order valence-electron chi connectivity index (χ2n) is 9.39. The molecule has 0 amide bonds. The Morgan fingerprint density at radius 1 is 1.18 bits per heavy atom. The number of aromatic nitrogens is 2. The average molecular weight is 550 g/mol. The molecular formula is C26H30F3N5O3S. The van der Waals surface area contributed by atoms with Crippen LogP contribution in [0.2, 0.25) is 0 Å². The van der Waals surface area contributed by atoms with Gasteiger partial charge in [0.15, 0.2) is 15.5 Å². The minimum atomic E-state index is -4.37. The molecule has 38 heavy (non-hydrogen) atoms. The van der Waals surface area contributed by atoms with Crippen molar-refractivity contribution in [3.63, 3.8) is 0 Å². The number of pyridine rings is 1. The van der Waals surface area contributed by atoms with Gasteiger partial charge in [0.2, 0.25) is 0 Å². The Balaban J connectivity index is 1.60. The Kier molecular flexibility index (Phi) is 8.08. The molecule has 0 radical (unpaired) electrons. The first-order valence-electron chi connectivity index (χ1n) is 12.1. The number of fused-ring (bicyclic) bond motifs is 1. The Morgan fingerprint density at radius 3 is 2.58 bits per heavy atom. The van der Waals surface area contributed by atoms with E-state index in [0.29, 0.717) is 28.3 Å². The van der Waals surface area contributed by atoms with E-state index in [2.05, 4.69) is 39.4 Å². The third-order valence-corrected chi connectivity index (χ3v) is 7.45. The number of hydrogen-bond donors (Lipinski definition) is 2. The summed E-state index contributed by atoms with van der Waals surface area (Å²) in [5, 5.41) is 6.52. The smallest absolute Gasteiger partial charge is 0.394 e. The van der Waals surface area contributed by atoms with E-state index in [-0.39, 0.29) is 23.2 Å². The minimum absolute atomic E-state index is 0.0306. The van der Waals surface area contributed by atoms with Crippen LogP contribution in [0, 0.1) is 11.8 Å². The summed E-state index contributed by atoms with van der Waals surface area (Å²) >= 11 is 0. The largest absolute Gasteiger partial charge is 0.495 e. The molecular weight excluding hydrogens is 519 g/mol. The molecule has 4 rings (SSSR count). The quantitative estimate of drug-likeness (QED) is 0.434. The van der Waals surface area contributed by atoms with Gasteiger partial charge >= 0.3 is 6.18 Å². The molecule has 1 aliphatic rings. The van der Waals surface area contributed by atoms with E-state index < -0.39 is 22.4 Å². The number of sulfone groups is 1. The highest BCUT2D eigenvalue weighted by Gasteiger charge is 2.30. The van der Waals surface area contributed by atoms with E-state index in [1.165, 1.54) is 29.8 Å². The fourth-order valence-corrected chi connectivity index (χ4v) is 5.01. The van der Waals surface area contributed by atoms with Crippen molar-refractivity contribution in [1.82, 2.24) is 14.3 Å². The molecule has 3 aromatic rings. The van der Waals surface area contributed by atoms with Crippen LogP contribution in [0.15, 0.2) is 41.6 Å². The Bertz CT molecular complexity index is 1470. The topological polar surface area (TPSA) is 88.0 Å². The number of benzene rings is 1. The van der Waals surface area contributed by atoms with E-state index in [9.17, 15) is 21.6 Å². The van der Waals surface area contributed by atoms with Gasteiger partial charge in [-0.25, -0.2) is 13.4 Å². The van der Waals surface area contributed by atoms with Gasteiger partial charge in [0.25, 0.3) is 0 Å². The zero-order chi connectivity index (χ0) is 27.5. The highest BCUT2D eigenvalue weighted by atomic mass is 32.2. The molecule has 3 heterocycles. The number of alkyl halides is 3. The van der Waals surface area contributed by atoms with Gasteiger partial charge in [-0.1, -0.05) is 11.8 Å². The summed E-state index contributed by atoms with van der Waals surface area (Å²) in [6, 6.07) is 6.47. The van der Waals surface area contributed by atoms with E-state index >= 15 is 0 Å². The molecule has 0 aliphatic carbocycles. The molecule has 0 bridgehead atoms. The summed E-state index contributed by atoms with van der Waals surface area (Å²) in [6.45, 7) is 2.01. The molecule has 1 aromatic carbocycles. The van der Waals surface area contributed by atoms with Gasteiger partial charge in [-0.2, -0.15) is 13.2 Å². The first-order chi connectivity index (χ1) is 17.9. The number of likely N-dealkylation sites (tertiary alicyclic amines) is 1. The van der Waals surface area contributed by atoms with Crippen LogP contribution in [0.5, 0.6) is 5.75 Å². The maximum Gasteiger partial charge on any atom is 0.394 e. The summed E-state index contributed by atoms with van der Waals surface area (Å²) < 4.78 is 70.1. The molecule has 0 atom stereocenters. The number of rotatable bonds is 7. The number of hydrogen-bond acceptors (Lipinski definition) is 7. The summed E-state index contributed by atoms with van der Waals surface area (Å²) in [5.41, 5.74) is 2.08. The normalized spacial score (nSPS) is 15.2. The summed E-state index contributed by atoms with van der Waals surface area (Å²) in [7, 11) is 0.129. The number of imidazole rings is 1. The number of piperidine rings is 1. The molecule has 8 nitrogen and oxygen atoms in total. The average Bonchev–Trinajstić information content (AvgIpc) is 3.24. The van der Waals surface area contributed by atoms with Crippen molar-refractivity contribution in [2.24, 2.45) is 0 Å². The molecule has 1 aliphatic heterocycles. The van der Waals surface area contributed by atoms with Gasteiger partial charge in [-0.3, -0.25) is 0 Å². The lowest BCUT2D eigenvalue weighted by Gasteiger charge is -2.30. The summed E-state index contributed by atoms with van der Waals surface area (Å²) in [5.74, 6) is 6.43. The highest BCUT2D eigenvalue weighted by Crippen LogP contribution is 2.28. The number of anilines is 2. The first-order valence-corrected chi connectivity index (χ1v) is 13.9. The van der Waals surface area contributed by atoms with Crippen molar-refractivity contribution >= 4 is 26.9 Å². The van der Waals surface area contributed by atoms with Crippen LogP contribution in [-0.4, -0.2) is 75.0 Å². The molecule has 0 saturated carbocycles. The third-order valence-electron chi connectivity index (χ3n) is 6.34. The molecule has 0 spiro atoms. The predicted molar refractivity (Wildman–Crippen MR) is 141 cm³/mol. The molecule has 12 heteroatoms. The molecule has 0 unspecified atom stereocenters. The molecule has 1 saturated heterocycles. The standard InChI is InChI=1S/C26H30F3N5O3S/c1-33-11-8-19(9-12-33)32-23-13-18(17-34-20(15-26(27,28)29)16-31-25(23)34)5-4-10-30-22-14-21(38(3,35)36)6-7-24(22)37-2/h6-7,13-14,16-17,19,30,32H,8-12,15H2,1-3H3. The second-order valence-corrected chi connectivity index (χ2v) is 11.4. The molecule has 1 fully saturated rings. The number of nitrogens with zero attached hydrogens (tertiary/aromatic N) is 3. The van der Waals surface area contributed by atoms with Crippen LogP contribution in [0.1, 0.15) is 24.1 Å². The molecule has 2 N–H and O–H groups in total. The van der Waals surface area contributed by atoms with Crippen LogP contribution in [0.3, 0.4) is 0 Å². The van der Waals surface area contributed by atoms with Gasteiger partial charge in [0, 0.05) is 30.3 Å².